The van der Waals surface area contributed by atoms with E-state index in [4.69, 9.17) is 11.5 Å². The highest BCUT2D eigenvalue weighted by Crippen LogP contribution is 2.24. The molecule has 1 aliphatic carbocycles. The Balaban J connectivity index is 1.86. The van der Waals surface area contributed by atoms with Crippen molar-refractivity contribution in [2.75, 3.05) is 19.6 Å². The summed E-state index contributed by atoms with van der Waals surface area (Å²) in [6.07, 6.45) is 4.20. The fourth-order valence-corrected chi connectivity index (χ4v) is 1.25. The average molecular weight is 157 g/mol. The first-order valence-electron chi connectivity index (χ1n) is 4.49. The van der Waals surface area contributed by atoms with Crippen LogP contribution in [0.2, 0.25) is 0 Å². The highest BCUT2D eigenvalue weighted by Gasteiger charge is 2.16. The van der Waals surface area contributed by atoms with Gasteiger partial charge in [-0.15, -0.1) is 0 Å². The first-order valence-corrected chi connectivity index (χ1v) is 4.49. The second-order valence-corrected chi connectivity index (χ2v) is 3.45. The second kappa shape index (κ2) is 4.70. The van der Waals surface area contributed by atoms with Gasteiger partial charge in [0.25, 0.3) is 0 Å². The zero-order valence-electron chi connectivity index (χ0n) is 7.05. The topological polar surface area (TPSA) is 64.1 Å². The average Bonchev–Trinajstić information content (AvgIpc) is 1.94. The molecule has 1 rings (SSSR count). The predicted molar refractivity (Wildman–Crippen MR) is 47.2 cm³/mol. The molecule has 0 radical (unpaired) electrons. The Morgan fingerprint density at radius 1 is 1.45 bits per heavy atom. The van der Waals surface area contributed by atoms with E-state index in [0.717, 1.165) is 19.0 Å². The largest absolute Gasteiger partial charge is 0.329 e. The molecule has 1 unspecified atom stereocenters. The molecule has 66 valence electrons. The molecule has 0 aromatic rings. The van der Waals surface area contributed by atoms with E-state index in [1.165, 1.54) is 19.3 Å². The van der Waals surface area contributed by atoms with Gasteiger partial charge in [-0.2, -0.15) is 0 Å². The number of hydrogen-bond acceptors (Lipinski definition) is 3. The van der Waals surface area contributed by atoms with Crippen LogP contribution in [0.15, 0.2) is 0 Å². The van der Waals surface area contributed by atoms with E-state index in [1.54, 1.807) is 0 Å². The molecule has 1 saturated carbocycles. The van der Waals surface area contributed by atoms with Gasteiger partial charge in [-0.05, 0) is 25.3 Å². The second-order valence-electron chi connectivity index (χ2n) is 3.45. The van der Waals surface area contributed by atoms with Crippen LogP contribution < -0.4 is 16.8 Å². The summed E-state index contributed by atoms with van der Waals surface area (Å²) < 4.78 is 0. The van der Waals surface area contributed by atoms with E-state index >= 15 is 0 Å². The van der Waals surface area contributed by atoms with E-state index in [2.05, 4.69) is 5.32 Å². The van der Waals surface area contributed by atoms with Crippen molar-refractivity contribution >= 4 is 0 Å². The molecule has 1 aliphatic rings. The Hall–Kier alpha value is -0.120. The Kier molecular flexibility index (Phi) is 3.83. The summed E-state index contributed by atoms with van der Waals surface area (Å²) in [4.78, 5) is 0. The summed E-state index contributed by atoms with van der Waals surface area (Å²) in [6.45, 7) is 2.58. The van der Waals surface area contributed by atoms with Crippen LogP contribution in [0.1, 0.15) is 19.3 Å². The zero-order chi connectivity index (χ0) is 8.10. The Morgan fingerprint density at radius 3 is 2.64 bits per heavy atom. The number of hydrogen-bond donors (Lipinski definition) is 3. The van der Waals surface area contributed by atoms with Crippen LogP contribution in [-0.2, 0) is 0 Å². The van der Waals surface area contributed by atoms with Crippen molar-refractivity contribution in [2.24, 2.45) is 17.4 Å². The minimum absolute atomic E-state index is 0.134. The molecular formula is C8H19N3. The first kappa shape index (κ1) is 8.97. The number of nitrogens with one attached hydrogen (secondary N) is 1. The van der Waals surface area contributed by atoms with Crippen molar-refractivity contribution in [2.45, 2.75) is 25.3 Å². The fourth-order valence-electron chi connectivity index (χ4n) is 1.25. The van der Waals surface area contributed by atoms with Gasteiger partial charge in [0.2, 0.25) is 0 Å². The van der Waals surface area contributed by atoms with Gasteiger partial charge < -0.3 is 16.8 Å². The summed E-state index contributed by atoms with van der Waals surface area (Å²) in [5, 5.41) is 3.33. The molecule has 3 nitrogen and oxygen atoms in total. The maximum absolute atomic E-state index is 5.63. The van der Waals surface area contributed by atoms with Crippen molar-refractivity contribution in [3.05, 3.63) is 0 Å². The molecule has 11 heavy (non-hydrogen) atoms. The van der Waals surface area contributed by atoms with E-state index in [1.807, 2.05) is 0 Å². The first-order chi connectivity index (χ1) is 5.33. The van der Waals surface area contributed by atoms with Crippen molar-refractivity contribution < 1.29 is 0 Å². The van der Waals surface area contributed by atoms with Crippen LogP contribution in [0.5, 0.6) is 0 Å². The molecule has 0 amide bonds. The third-order valence-corrected chi connectivity index (χ3v) is 2.37. The summed E-state index contributed by atoms with van der Waals surface area (Å²) in [5.74, 6) is 0.917. The summed E-state index contributed by atoms with van der Waals surface area (Å²) in [7, 11) is 0. The molecule has 0 bridgehead atoms. The van der Waals surface area contributed by atoms with Crippen molar-refractivity contribution in [3.8, 4) is 0 Å². The predicted octanol–water partition coefficient (Wildman–Crippen LogP) is -0.338. The van der Waals surface area contributed by atoms with Gasteiger partial charge in [0.15, 0.2) is 0 Å². The molecule has 0 saturated heterocycles. The Labute approximate surface area is 68.5 Å². The fraction of sp³-hybridized carbons (Fsp3) is 1.00. The minimum Gasteiger partial charge on any atom is -0.329 e. The summed E-state index contributed by atoms with van der Waals surface area (Å²) in [5.41, 5.74) is 11.0. The highest BCUT2D eigenvalue weighted by atomic mass is 14.9. The molecule has 0 aromatic carbocycles. The van der Waals surface area contributed by atoms with Gasteiger partial charge >= 0.3 is 0 Å². The van der Waals surface area contributed by atoms with Crippen molar-refractivity contribution in [1.82, 2.24) is 5.32 Å². The van der Waals surface area contributed by atoms with E-state index in [-0.39, 0.29) is 6.04 Å². The maximum atomic E-state index is 5.63. The standard InChI is InChI=1S/C8H19N3/c9-4-8(10)6-11-5-7-2-1-3-7/h7-8,11H,1-6,9-10H2. The maximum Gasteiger partial charge on any atom is 0.0290 e. The van der Waals surface area contributed by atoms with Gasteiger partial charge in [-0.1, -0.05) is 6.42 Å². The molecule has 0 aliphatic heterocycles. The van der Waals surface area contributed by atoms with Crippen molar-refractivity contribution in [3.63, 3.8) is 0 Å². The van der Waals surface area contributed by atoms with Crippen molar-refractivity contribution in [1.29, 1.82) is 0 Å². The molecule has 1 fully saturated rings. The Morgan fingerprint density at radius 2 is 2.18 bits per heavy atom. The summed E-state index contributed by atoms with van der Waals surface area (Å²) in [6, 6.07) is 0.134. The van der Waals surface area contributed by atoms with Gasteiger partial charge in [0, 0.05) is 19.1 Å². The van der Waals surface area contributed by atoms with Crippen LogP contribution in [-0.4, -0.2) is 25.7 Å². The van der Waals surface area contributed by atoms with E-state index < -0.39 is 0 Å². The SMILES string of the molecule is NCC(N)CNCC1CCC1. The van der Waals surface area contributed by atoms with E-state index in [9.17, 15) is 0 Å². The lowest BCUT2D eigenvalue weighted by molar-refractivity contribution is 0.300. The zero-order valence-corrected chi connectivity index (χ0v) is 7.05. The van der Waals surface area contributed by atoms with Crippen LogP contribution in [0.3, 0.4) is 0 Å². The quantitative estimate of drug-likeness (QED) is 0.511. The van der Waals surface area contributed by atoms with Crippen LogP contribution in [0.25, 0.3) is 0 Å². The molecule has 3 heteroatoms. The number of nitrogens with two attached hydrogens (primary N) is 2. The molecule has 0 heterocycles. The lowest BCUT2D eigenvalue weighted by Crippen LogP contribution is -2.41. The van der Waals surface area contributed by atoms with Gasteiger partial charge in [-0.25, -0.2) is 0 Å². The number of rotatable bonds is 5. The van der Waals surface area contributed by atoms with E-state index in [0.29, 0.717) is 6.54 Å². The van der Waals surface area contributed by atoms with Gasteiger partial charge in [0.05, 0.1) is 0 Å². The third-order valence-electron chi connectivity index (χ3n) is 2.37. The normalized spacial score (nSPS) is 21.3. The van der Waals surface area contributed by atoms with Gasteiger partial charge in [-0.3, -0.25) is 0 Å². The summed E-state index contributed by atoms with van der Waals surface area (Å²) >= 11 is 0. The van der Waals surface area contributed by atoms with Crippen LogP contribution in [0, 0.1) is 5.92 Å². The molecule has 0 spiro atoms. The monoisotopic (exact) mass is 157 g/mol. The van der Waals surface area contributed by atoms with Crippen LogP contribution in [0.4, 0.5) is 0 Å². The molecular weight excluding hydrogens is 138 g/mol. The smallest absolute Gasteiger partial charge is 0.0290 e. The third kappa shape index (κ3) is 3.18. The molecule has 5 N–H and O–H groups in total. The lowest BCUT2D eigenvalue weighted by atomic mass is 9.85. The minimum atomic E-state index is 0.134. The Bertz CT molecular complexity index is 96.8. The van der Waals surface area contributed by atoms with Crippen LogP contribution >= 0.6 is 0 Å². The molecule has 1 atom stereocenters. The highest BCUT2D eigenvalue weighted by molar-refractivity contribution is 4.73. The molecule has 0 aromatic heterocycles. The lowest BCUT2D eigenvalue weighted by Gasteiger charge is -2.26. The van der Waals surface area contributed by atoms with Gasteiger partial charge in [0.1, 0.15) is 0 Å².